The van der Waals surface area contributed by atoms with Crippen LogP contribution in [0.4, 0.5) is 0 Å². The Kier molecular flexibility index (Phi) is 6.38. The second-order valence-electron chi connectivity index (χ2n) is 5.24. The van der Waals surface area contributed by atoms with E-state index in [1.54, 1.807) is 0 Å². The summed E-state index contributed by atoms with van der Waals surface area (Å²) < 4.78 is 0. The van der Waals surface area contributed by atoms with Gasteiger partial charge in [-0.05, 0) is 24.3 Å². The van der Waals surface area contributed by atoms with E-state index in [0.717, 1.165) is 25.2 Å². The molecule has 0 saturated heterocycles. The summed E-state index contributed by atoms with van der Waals surface area (Å²) >= 11 is 0. The molecule has 0 aliphatic heterocycles. The number of hydrogen-bond acceptors (Lipinski definition) is 2. The summed E-state index contributed by atoms with van der Waals surface area (Å²) in [4.78, 5) is 0. The lowest BCUT2D eigenvalue weighted by molar-refractivity contribution is 0.294. The zero-order valence-corrected chi connectivity index (χ0v) is 13.3. The van der Waals surface area contributed by atoms with Gasteiger partial charge in [0, 0.05) is 26.1 Å². The van der Waals surface area contributed by atoms with Crippen molar-refractivity contribution in [2.24, 2.45) is 0 Å². The molecule has 3 heteroatoms. The van der Waals surface area contributed by atoms with E-state index in [0.29, 0.717) is 0 Å². The lowest BCUT2D eigenvalue weighted by Gasteiger charge is -2.27. The van der Waals surface area contributed by atoms with Crippen molar-refractivity contribution < 1.29 is 10.2 Å². The minimum atomic E-state index is -1.55. The fourth-order valence-electron chi connectivity index (χ4n) is 2.89. The van der Waals surface area contributed by atoms with Crippen molar-refractivity contribution >= 4 is 17.9 Å². The third-order valence-corrected chi connectivity index (χ3v) is 8.63. The Hall–Kier alpha value is -1.21. The standard InChI is InChI=1S/C18H24O2P/c19-13-7-15-21(16-8-14-20,17-9-3-1-4-10-17)18-11-5-2-6-12-18/h1-6,9-12,19-20H,7-8,13-16H2/q+1. The minimum Gasteiger partial charge on any atom is -0.396 e. The van der Waals surface area contributed by atoms with Crippen LogP contribution < -0.4 is 10.6 Å². The third-order valence-electron chi connectivity index (χ3n) is 3.90. The summed E-state index contributed by atoms with van der Waals surface area (Å²) in [5, 5.41) is 21.4. The fourth-order valence-corrected chi connectivity index (χ4v) is 7.29. The van der Waals surface area contributed by atoms with Crippen LogP contribution in [0.2, 0.25) is 0 Å². The number of hydrogen-bond donors (Lipinski definition) is 2. The van der Waals surface area contributed by atoms with Gasteiger partial charge in [-0.15, -0.1) is 0 Å². The molecule has 0 fully saturated rings. The van der Waals surface area contributed by atoms with Gasteiger partial charge < -0.3 is 10.2 Å². The maximum absolute atomic E-state index is 9.32. The molecule has 2 rings (SSSR count). The maximum atomic E-state index is 9.32. The number of benzene rings is 2. The highest BCUT2D eigenvalue weighted by atomic mass is 31.2. The highest BCUT2D eigenvalue weighted by molar-refractivity contribution is 7.89. The molecular formula is C18H24O2P+. The second kappa shape index (κ2) is 8.29. The van der Waals surface area contributed by atoms with Crippen molar-refractivity contribution in [2.75, 3.05) is 25.5 Å². The van der Waals surface area contributed by atoms with Crippen LogP contribution in [-0.4, -0.2) is 35.8 Å². The molecule has 0 amide bonds. The molecule has 0 heterocycles. The van der Waals surface area contributed by atoms with Gasteiger partial charge in [0.1, 0.15) is 0 Å². The van der Waals surface area contributed by atoms with E-state index >= 15 is 0 Å². The summed E-state index contributed by atoms with van der Waals surface area (Å²) in [6.45, 7) is 0.446. The Labute approximate surface area is 127 Å². The number of aliphatic hydroxyl groups excluding tert-OH is 2. The van der Waals surface area contributed by atoms with Crippen molar-refractivity contribution in [3.8, 4) is 0 Å². The zero-order valence-electron chi connectivity index (χ0n) is 12.4. The van der Waals surface area contributed by atoms with Gasteiger partial charge in [-0.3, -0.25) is 0 Å². The van der Waals surface area contributed by atoms with Crippen molar-refractivity contribution in [2.45, 2.75) is 12.8 Å². The first-order valence-electron chi connectivity index (χ1n) is 7.53. The van der Waals surface area contributed by atoms with E-state index in [4.69, 9.17) is 0 Å². The Morgan fingerprint density at radius 3 is 1.33 bits per heavy atom. The van der Waals surface area contributed by atoms with Crippen LogP contribution in [0.1, 0.15) is 12.8 Å². The zero-order chi connectivity index (χ0) is 15.0. The van der Waals surface area contributed by atoms with Crippen molar-refractivity contribution in [1.82, 2.24) is 0 Å². The van der Waals surface area contributed by atoms with Crippen molar-refractivity contribution in [3.63, 3.8) is 0 Å². The molecule has 0 atom stereocenters. The van der Waals surface area contributed by atoms with Crippen molar-refractivity contribution in [3.05, 3.63) is 60.7 Å². The average molecular weight is 303 g/mol. The van der Waals surface area contributed by atoms with Gasteiger partial charge in [-0.25, -0.2) is 0 Å². The van der Waals surface area contributed by atoms with Gasteiger partial charge in [-0.2, -0.15) is 0 Å². The van der Waals surface area contributed by atoms with E-state index in [2.05, 4.69) is 48.5 Å². The molecule has 0 saturated carbocycles. The van der Waals surface area contributed by atoms with Gasteiger partial charge >= 0.3 is 0 Å². The molecular weight excluding hydrogens is 279 g/mol. The van der Waals surface area contributed by atoms with E-state index in [1.165, 1.54) is 10.6 Å². The summed E-state index contributed by atoms with van der Waals surface area (Å²) in [7, 11) is -1.55. The first-order chi connectivity index (χ1) is 10.3. The van der Waals surface area contributed by atoms with Gasteiger partial charge in [0.05, 0.1) is 30.2 Å². The summed E-state index contributed by atoms with van der Waals surface area (Å²) in [6.07, 6.45) is 3.61. The quantitative estimate of drug-likeness (QED) is 0.735. The van der Waals surface area contributed by atoms with Crippen LogP contribution in [0.5, 0.6) is 0 Å². The third kappa shape index (κ3) is 3.91. The Balaban J connectivity index is 2.48. The molecule has 2 nitrogen and oxygen atoms in total. The van der Waals surface area contributed by atoms with E-state index in [9.17, 15) is 10.2 Å². The van der Waals surface area contributed by atoms with Gasteiger partial charge in [0.15, 0.2) is 0 Å². The van der Waals surface area contributed by atoms with Crippen LogP contribution in [0.3, 0.4) is 0 Å². The molecule has 0 aromatic heterocycles. The summed E-state index contributed by atoms with van der Waals surface area (Å²) in [5.41, 5.74) is 0. The summed E-state index contributed by atoms with van der Waals surface area (Å²) in [5.74, 6) is 0. The molecule has 0 spiro atoms. The molecule has 2 N–H and O–H groups in total. The van der Waals surface area contributed by atoms with Crippen LogP contribution in [0.15, 0.2) is 60.7 Å². The molecule has 0 aliphatic carbocycles. The molecule has 0 bridgehead atoms. The average Bonchev–Trinajstić information content (AvgIpc) is 2.57. The first kappa shape index (κ1) is 16.2. The normalized spacial score (nSPS) is 11.5. The lowest BCUT2D eigenvalue weighted by atomic mass is 10.4. The second-order valence-corrected chi connectivity index (χ2v) is 9.10. The Morgan fingerprint density at radius 2 is 1.00 bits per heavy atom. The molecule has 2 aromatic rings. The fraction of sp³-hybridized carbons (Fsp3) is 0.333. The highest BCUT2D eigenvalue weighted by Gasteiger charge is 2.41. The monoisotopic (exact) mass is 303 g/mol. The Bertz CT molecular complexity index is 464. The molecule has 0 radical (unpaired) electrons. The van der Waals surface area contributed by atoms with Crippen LogP contribution >= 0.6 is 7.26 Å². The highest BCUT2D eigenvalue weighted by Crippen LogP contribution is 2.57. The molecule has 0 unspecified atom stereocenters. The van der Waals surface area contributed by atoms with Gasteiger partial charge in [0.25, 0.3) is 0 Å². The smallest absolute Gasteiger partial charge is 0.0991 e. The van der Waals surface area contributed by atoms with Gasteiger partial charge in [-0.1, -0.05) is 36.4 Å². The predicted molar refractivity (Wildman–Crippen MR) is 92.2 cm³/mol. The topological polar surface area (TPSA) is 40.5 Å². The molecule has 21 heavy (non-hydrogen) atoms. The first-order valence-corrected chi connectivity index (χ1v) is 9.69. The number of aliphatic hydroxyl groups is 2. The van der Waals surface area contributed by atoms with E-state index < -0.39 is 7.26 Å². The van der Waals surface area contributed by atoms with E-state index in [-0.39, 0.29) is 13.2 Å². The largest absolute Gasteiger partial charge is 0.396 e. The lowest BCUT2D eigenvalue weighted by Crippen LogP contribution is -2.28. The predicted octanol–water partition coefficient (Wildman–Crippen LogP) is 2.42. The SMILES string of the molecule is OCCC[P+](CCCO)(c1ccccc1)c1ccccc1. The summed E-state index contributed by atoms with van der Waals surface area (Å²) in [6, 6.07) is 21.3. The van der Waals surface area contributed by atoms with Gasteiger partial charge in [0.2, 0.25) is 0 Å². The van der Waals surface area contributed by atoms with Crippen molar-refractivity contribution in [1.29, 1.82) is 0 Å². The number of rotatable bonds is 8. The Morgan fingerprint density at radius 1 is 0.619 bits per heavy atom. The minimum absolute atomic E-state index is 0.223. The van der Waals surface area contributed by atoms with Crippen LogP contribution in [0, 0.1) is 0 Å². The molecule has 112 valence electrons. The molecule has 2 aromatic carbocycles. The van der Waals surface area contributed by atoms with Crippen LogP contribution in [0.25, 0.3) is 0 Å². The molecule has 0 aliphatic rings. The maximum Gasteiger partial charge on any atom is 0.0991 e. The van der Waals surface area contributed by atoms with Crippen LogP contribution in [-0.2, 0) is 0 Å². The van der Waals surface area contributed by atoms with E-state index in [1.807, 2.05) is 12.1 Å².